The van der Waals surface area contributed by atoms with Crippen LogP contribution in [0.5, 0.6) is 0 Å². The molecule has 3 nitrogen and oxygen atoms in total. The van der Waals surface area contributed by atoms with E-state index in [1.807, 2.05) is 0 Å². The second-order valence-corrected chi connectivity index (χ2v) is 4.89. The molecular formula is C12H21NO2. The van der Waals surface area contributed by atoms with Crippen molar-refractivity contribution in [3.05, 3.63) is 0 Å². The summed E-state index contributed by atoms with van der Waals surface area (Å²) in [4.78, 5) is 13.8. The van der Waals surface area contributed by atoms with Crippen LogP contribution < -0.4 is 0 Å². The zero-order chi connectivity index (χ0) is 10.7. The summed E-state index contributed by atoms with van der Waals surface area (Å²) in [6.45, 7) is 3.26. The lowest BCUT2D eigenvalue weighted by molar-refractivity contribution is -0.147. The molecule has 0 unspecified atom stereocenters. The summed E-state index contributed by atoms with van der Waals surface area (Å²) in [5, 5.41) is 0. The Morgan fingerprint density at radius 2 is 2.20 bits per heavy atom. The summed E-state index contributed by atoms with van der Waals surface area (Å²) in [5.41, 5.74) is 0. The molecule has 0 spiro atoms. The Hall–Kier alpha value is -0.570. The minimum absolute atomic E-state index is 0.0221. The number of esters is 1. The van der Waals surface area contributed by atoms with E-state index in [4.69, 9.17) is 4.74 Å². The number of likely N-dealkylation sites (tertiary alicyclic amines) is 1. The zero-order valence-electron chi connectivity index (χ0n) is 9.58. The van der Waals surface area contributed by atoms with E-state index in [2.05, 4.69) is 4.90 Å². The average Bonchev–Trinajstić information content (AvgIpc) is 3.09. The van der Waals surface area contributed by atoms with E-state index in [1.54, 1.807) is 0 Å². The highest BCUT2D eigenvalue weighted by molar-refractivity contribution is 5.72. The lowest BCUT2D eigenvalue weighted by atomic mass is 9.98. The van der Waals surface area contributed by atoms with E-state index >= 15 is 0 Å². The first-order chi connectivity index (χ1) is 7.29. The Labute approximate surface area is 91.8 Å². The monoisotopic (exact) mass is 211 g/mol. The minimum atomic E-state index is -0.0221. The Morgan fingerprint density at radius 1 is 1.40 bits per heavy atom. The van der Waals surface area contributed by atoms with Crippen LogP contribution in [-0.4, -0.2) is 37.6 Å². The molecule has 0 aromatic carbocycles. The number of methoxy groups -OCH3 is 1. The maximum absolute atomic E-state index is 11.4. The van der Waals surface area contributed by atoms with Crippen LogP contribution in [0.3, 0.4) is 0 Å². The van der Waals surface area contributed by atoms with Crippen molar-refractivity contribution in [2.75, 3.05) is 26.7 Å². The van der Waals surface area contributed by atoms with Crippen LogP contribution in [0.4, 0.5) is 0 Å². The fraction of sp³-hybridized carbons (Fsp3) is 0.917. The van der Waals surface area contributed by atoms with E-state index in [1.165, 1.54) is 39.5 Å². The van der Waals surface area contributed by atoms with E-state index < -0.39 is 0 Å². The number of hydrogen-bond donors (Lipinski definition) is 0. The van der Waals surface area contributed by atoms with Gasteiger partial charge in [0, 0.05) is 6.54 Å². The molecule has 86 valence electrons. The topological polar surface area (TPSA) is 29.5 Å². The largest absolute Gasteiger partial charge is 0.469 e. The highest BCUT2D eigenvalue weighted by atomic mass is 16.5. The Balaban J connectivity index is 1.72. The number of carbonyl (C=O) groups is 1. The van der Waals surface area contributed by atoms with Gasteiger partial charge in [0.05, 0.1) is 13.0 Å². The molecule has 1 aliphatic heterocycles. The molecule has 3 heteroatoms. The number of hydrogen-bond acceptors (Lipinski definition) is 3. The first-order valence-electron chi connectivity index (χ1n) is 6.10. The molecule has 0 amide bonds. The van der Waals surface area contributed by atoms with Gasteiger partial charge in [0.1, 0.15) is 0 Å². The summed E-state index contributed by atoms with van der Waals surface area (Å²) < 4.78 is 4.81. The minimum Gasteiger partial charge on any atom is -0.469 e. The maximum atomic E-state index is 11.4. The predicted molar refractivity (Wildman–Crippen MR) is 58.5 cm³/mol. The summed E-state index contributed by atoms with van der Waals surface area (Å²) >= 11 is 0. The van der Waals surface area contributed by atoms with E-state index in [0.717, 1.165) is 25.3 Å². The fourth-order valence-corrected chi connectivity index (χ4v) is 2.39. The van der Waals surface area contributed by atoms with Crippen molar-refractivity contribution in [1.82, 2.24) is 4.90 Å². The van der Waals surface area contributed by atoms with Crippen LogP contribution in [0, 0.1) is 11.8 Å². The summed E-state index contributed by atoms with van der Waals surface area (Å²) in [5.74, 6) is 1.09. The smallest absolute Gasteiger partial charge is 0.309 e. The van der Waals surface area contributed by atoms with E-state index in [9.17, 15) is 4.79 Å². The number of carbonyl (C=O) groups excluding carboxylic acids is 1. The van der Waals surface area contributed by atoms with Gasteiger partial charge in [-0.3, -0.25) is 4.79 Å². The number of ether oxygens (including phenoxy) is 1. The lowest BCUT2D eigenvalue weighted by Crippen LogP contribution is -2.39. The van der Waals surface area contributed by atoms with Gasteiger partial charge in [-0.15, -0.1) is 0 Å². The number of rotatable bonds is 4. The normalized spacial score (nSPS) is 27.7. The molecule has 1 saturated carbocycles. The molecule has 1 heterocycles. The van der Waals surface area contributed by atoms with Crippen molar-refractivity contribution in [3.63, 3.8) is 0 Å². The molecule has 2 fully saturated rings. The van der Waals surface area contributed by atoms with Crippen LogP contribution >= 0.6 is 0 Å². The van der Waals surface area contributed by atoms with Crippen LogP contribution in [0.15, 0.2) is 0 Å². The van der Waals surface area contributed by atoms with E-state index in [0.29, 0.717) is 0 Å². The Bertz CT molecular complexity index is 226. The third-order valence-corrected chi connectivity index (χ3v) is 3.59. The molecule has 0 radical (unpaired) electrons. The van der Waals surface area contributed by atoms with Crippen LogP contribution in [0.1, 0.15) is 32.1 Å². The van der Waals surface area contributed by atoms with Crippen LogP contribution in [-0.2, 0) is 9.53 Å². The molecule has 0 bridgehead atoms. The van der Waals surface area contributed by atoms with E-state index in [-0.39, 0.29) is 11.9 Å². The second kappa shape index (κ2) is 4.97. The molecule has 2 aliphatic rings. The van der Waals surface area contributed by atoms with Gasteiger partial charge in [-0.1, -0.05) is 12.8 Å². The molecular weight excluding hydrogens is 190 g/mol. The highest BCUT2D eigenvalue weighted by Gasteiger charge is 2.28. The third kappa shape index (κ3) is 3.20. The van der Waals surface area contributed by atoms with Crippen molar-refractivity contribution in [2.24, 2.45) is 11.8 Å². The molecule has 15 heavy (non-hydrogen) atoms. The number of nitrogens with zero attached hydrogens (tertiary/aromatic N) is 1. The molecule has 2 rings (SSSR count). The average molecular weight is 211 g/mol. The van der Waals surface area contributed by atoms with Crippen molar-refractivity contribution in [1.29, 1.82) is 0 Å². The zero-order valence-corrected chi connectivity index (χ0v) is 9.58. The van der Waals surface area contributed by atoms with Gasteiger partial charge in [0.2, 0.25) is 0 Å². The van der Waals surface area contributed by atoms with Gasteiger partial charge < -0.3 is 9.64 Å². The Morgan fingerprint density at radius 3 is 2.87 bits per heavy atom. The number of piperidine rings is 1. The van der Waals surface area contributed by atoms with Crippen LogP contribution in [0.25, 0.3) is 0 Å². The quantitative estimate of drug-likeness (QED) is 0.662. The second-order valence-electron chi connectivity index (χ2n) is 4.89. The van der Waals surface area contributed by atoms with Gasteiger partial charge in [-0.05, 0) is 38.3 Å². The maximum Gasteiger partial charge on any atom is 0.309 e. The summed E-state index contributed by atoms with van der Waals surface area (Å²) in [7, 11) is 1.49. The van der Waals surface area contributed by atoms with Gasteiger partial charge >= 0.3 is 5.97 Å². The van der Waals surface area contributed by atoms with Gasteiger partial charge in [0.25, 0.3) is 0 Å². The molecule has 0 aromatic heterocycles. The lowest BCUT2D eigenvalue weighted by Gasteiger charge is -2.31. The van der Waals surface area contributed by atoms with Gasteiger partial charge in [-0.25, -0.2) is 0 Å². The summed E-state index contributed by atoms with van der Waals surface area (Å²) in [6.07, 6.45) is 6.33. The third-order valence-electron chi connectivity index (χ3n) is 3.59. The van der Waals surface area contributed by atoms with Gasteiger partial charge in [-0.2, -0.15) is 0 Å². The molecule has 1 saturated heterocycles. The first kappa shape index (κ1) is 10.9. The molecule has 0 N–H and O–H groups in total. The predicted octanol–water partition coefficient (Wildman–Crippen LogP) is 1.67. The summed E-state index contributed by atoms with van der Waals surface area (Å²) in [6, 6.07) is 0. The van der Waals surface area contributed by atoms with Crippen molar-refractivity contribution < 1.29 is 9.53 Å². The first-order valence-corrected chi connectivity index (χ1v) is 6.10. The highest BCUT2D eigenvalue weighted by Crippen LogP contribution is 2.32. The molecule has 0 aromatic rings. The standard InChI is InChI=1S/C12H21NO2/c1-15-12(14)11-3-2-7-13(9-11)8-6-10-4-5-10/h10-11H,2-9H2,1H3/t11-/m0/s1. The SMILES string of the molecule is COC(=O)[C@H]1CCCN(CCC2CC2)C1. The fourth-order valence-electron chi connectivity index (χ4n) is 2.39. The molecule has 1 atom stereocenters. The van der Waals surface area contributed by atoms with Crippen LogP contribution in [0.2, 0.25) is 0 Å². The van der Waals surface area contributed by atoms with Gasteiger partial charge in [0.15, 0.2) is 0 Å². The van der Waals surface area contributed by atoms with Crippen molar-refractivity contribution in [3.8, 4) is 0 Å². The van der Waals surface area contributed by atoms with Crippen molar-refractivity contribution >= 4 is 5.97 Å². The molecule has 1 aliphatic carbocycles. The van der Waals surface area contributed by atoms with Crippen molar-refractivity contribution in [2.45, 2.75) is 32.1 Å². The Kier molecular flexibility index (Phi) is 3.62.